The van der Waals surface area contributed by atoms with E-state index in [0.717, 1.165) is 5.56 Å². The predicted octanol–water partition coefficient (Wildman–Crippen LogP) is 2.15. The molecule has 5 heteroatoms. The summed E-state index contributed by atoms with van der Waals surface area (Å²) in [5.74, 6) is 0.644. The molecule has 1 rings (SSSR count). The zero-order valence-corrected chi connectivity index (χ0v) is 9.32. The van der Waals surface area contributed by atoms with Crippen molar-refractivity contribution in [3.8, 4) is 0 Å². The minimum absolute atomic E-state index is 0.428. The Hall–Kier alpha value is -0.380. The average molecular weight is 220 g/mol. The molecule has 0 radical (unpaired) electrons. The molecule has 1 heterocycles. The second-order valence-corrected chi connectivity index (χ2v) is 3.80. The van der Waals surface area contributed by atoms with E-state index in [9.17, 15) is 0 Å². The summed E-state index contributed by atoms with van der Waals surface area (Å²) in [4.78, 5) is 10.2. The van der Waals surface area contributed by atoms with Gasteiger partial charge < -0.3 is 4.90 Å². The number of nitrogens with zero attached hydrogens (tertiary/aromatic N) is 3. The zero-order chi connectivity index (χ0) is 10.0. The summed E-state index contributed by atoms with van der Waals surface area (Å²) >= 11 is 11.7. The Morgan fingerprint density at radius 1 is 1.15 bits per heavy atom. The van der Waals surface area contributed by atoms with Crippen LogP contribution in [0.4, 0.5) is 0 Å². The van der Waals surface area contributed by atoms with Crippen LogP contribution in [0.25, 0.3) is 0 Å². The summed E-state index contributed by atoms with van der Waals surface area (Å²) in [7, 11) is 3.87. The van der Waals surface area contributed by atoms with E-state index in [-0.39, 0.29) is 0 Å². The molecule has 0 spiro atoms. The predicted molar refractivity (Wildman–Crippen MR) is 54.2 cm³/mol. The van der Waals surface area contributed by atoms with Gasteiger partial charge >= 0.3 is 0 Å². The lowest BCUT2D eigenvalue weighted by Gasteiger charge is -2.09. The first-order chi connectivity index (χ1) is 6.00. The fourth-order valence-electron chi connectivity index (χ4n) is 0.858. The van der Waals surface area contributed by atoms with E-state index in [1.54, 1.807) is 6.92 Å². The van der Waals surface area contributed by atoms with Crippen LogP contribution < -0.4 is 0 Å². The van der Waals surface area contributed by atoms with Crippen LogP contribution in [0.1, 0.15) is 11.4 Å². The summed E-state index contributed by atoms with van der Waals surface area (Å²) in [6.07, 6.45) is 0. The number of hydrogen-bond acceptors (Lipinski definition) is 3. The van der Waals surface area contributed by atoms with Gasteiger partial charge in [0.2, 0.25) is 0 Å². The van der Waals surface area contributed by atoms with Crippen molar-refractivity contribution < 1.29 is 0 Å². The summed E-state index contributed by atoms with van der Waals surface area (Å²) in [5, 5.41) is 0.855. The molecule has 0 aliphatic heterocycles. The van der Waals surface area contributed by atoms with Crippen LogP contribution in [0, 0.1) is 6.92 Å². The van der Waals surface area contributed by atoms with E-state index in [2.05, 4.69) is 9.97 Å². The lowest BCUT2D eigenvalue weighted by atomic mass is 10.4. The van der Waals surface area contributed by atoms with Gasteiger partial charge in [0.1, 0.15) is 16.1 Å². The lowest BCUT2D eigenvalue weighted by Crippen LogP contribution is -2.13. The summed E-state index contributed by atoms with van der Waals surface area (Å²) in [5.41, 5.74) is 0.728. The molecule has 0 bridgehead atoms. The van der Waals surface area contributed by atoms with Crippen LogP contribution in [0.5, 0.6) is 0 Å². The molecule has 0 unspecified atom stereocenters. The molecule has 0 aliphatic carbocycles. The average Bonchev–Trinajstić information content (AvgIpc) is 1.98. The highest BCUT2D eigenvalue weighted by molar-refractivity contribution is 6.34. The third-order valence-corrected chi connectivity index (χ3v) is 2.27. The molecule has 72 valence electrons. The summed E-state index contributed by atoms with van der Waals surface area (Å²) in [6.45, 7) is 2.43. The molecule has 0 atom stereocenters. The molecular weight excluding hydrogens is 209 g/mol. The Morgan fingerprint density at radius 3 is 2.00 bits per heavy atom. The van der Waals surface area contributed by atoms with E-state index in [0.29, 0.717) is 22.7 Å². The molecule has 1 aromatic rings. The van der Waals surface area contributed by atoms with Crippen molar-refractivity contribution in [3.05, 3.63) is 21.7 Å². The topological polar surface area (TPSA) is 29.0 Å². The van der Waals surface area contributed by atoms with Gasteiger partial charge in [-0.05, 0) is 21.0 Å². The van der Waals surface area contributed by atoms with Crippen molar-refractivity contribution in [3.63, 3.8) is 0 Å². The normalized spacial score (nSPS) is 10.9. The van der Waals surface area contributed by atoms with Crippen molar-refractivity contribution in [1.29, 1.82) is 0 Å². The van der Waals surface area contributed by atoms with Crippen LogP contribution >= 0.6 is 23.2 Å². The molecule has 0 saturated heterocycles. The molecule has 0 N–H and O–H groups in total. The Morgan fingerprint density at radius 2 is 1.62 bits per heavy atom. The number of rotatable bonds is 2. The summed E-state index contributed by atoms with van der Waals surface area (Å²) < 4.78 is 0. The van der Waals surface area contributed by atoms with Gasteiger partial charge in [0, 0.05) is 5.56 Å². The second kappa shape index (κ2) is 4.22. The highest BCUT2D eigenvalue weighted by Gasteiger charge is 2.07. The fourth-order valence-corrected chi connectivity index (χ4v) is 1.28. The van der Waals surface area contributed by atoms with E-state index in [1.807, 2.05) is 19.0 Å². The fraction of sp³-hybridized carbons (Fsp3) is 0.500. The van der Waals surface area contributed by atoms with Crippen molar-refractivity contribution in [2.75, 3.05) is 14.1 Å². The van der Waals surface area contributed by atoms with Crippen LogP contribution in [-0.4, -0.2) is 29.0 Å². The molecule has 0 aromatic carbocycles. The van der Waals surface area contributed by atoms with Gasteiger partial charge in [-0.2, -0.15) is 0 Å². The van der Waals surface area contributed by atoms with Crippen LogP contribution in [0.3, 0.4) is 0 Å². The SMILES string of the molecule is Cc1c(Cl)nc(CN(C)C)nc1Cl. The number of aromatic nitrogens is 2. The van der Waals surface area contributed by atoms with E-state index >= 15 is 0 Å². The van der Waals surface area contributed by atoms with Crippen molar-refractivity contribution in [2.45, 2.75) is 13.5 Å². The van der Waals surface area contributed by atoms with Crippen molar-refractivity contribution in [1.82, 2.24) is 14.9 Å². The largest absolute Gasteiger partial charge is 0.302 e. The van der Waals surface area contributed by atoms with Gasteiger partial charge in [-0.25, -0.2) is 9.97 Å². The Kier molecular flexibility index (Phi) is 3.47. The highest BCUT2D eigenvalue weighted by Crippen LogP contribution is 2.19. The highest BCUT2D eigenvalue weighted by atomic mass is 35.5. The first kappa shape index (κ1) is 10.7. The van der Waals surface area contributed by atoms with Crippen molar-refractivity contribution in [2.24, 2.45) is 0 Å². The third kappa shape index (κ3) is 2.79. The first-order valence-corrected chi connectivity index (χ1v) is 4.59. The zero-order valence-electron chi connectivity index (χ0n) is 7.80. The molecule has 3 nitrogen and oxygen atoms in total. The molecule has 0 aliphatic rings. The van der Waals surface area contributed by atoms with Gasteiger partial charge in [0.25, 0.3) is 0 Å². The molecule has 13 heavy (non-hydrogen) atoms. The van der Waals surface area contributed by atoms with E-state index in [1.165, 1.54) is 0 Å². The molecule has 0 saturated carbocycles. The third-order valence-electron chi connectivity index (χ3n) is 1.53. The van der Waals surface area contributed by atoms with Crippen LogP contribution in [0.15, 0.2) is 0 Å². The molecule has 1 aromatic heterocycles. The van der Waals surface area contributed by atoms with Gasteiger partial charge in [0.05, 0.1) is 6.54 Å². The first-order valence-electron chi connectivity index (χ1n) is 3.84. The Balaban J connectivity index is 2.99. The second-order valence-electron chi connectivity index (χ2n) is 3.08. The molecule has 0 amide bonds. The summed E-state index contributed by atoms with van der Waals surface area (Å²) in [6, 6.07) is 0. The smallest absolute Gasteiger partial charge is 0.145 e. The van der Waals surface area contributed by atoms with E-state index in [4.69, 9.17) is 23.2 Å². The maximum absolute atomic E-state index is 5.85. The van der Waals surface area contributed by atoms with Gasteiger partial charge in [0.15, 0.2) is 0 Å². The molecular formula is C8H11Cl2N3. The minimum atomic E-state index is 0.428. The number of hydrogen-bond donors (Lipinski definition) is 0. The van der Waals surface area contributed by atoms with Gasteiger partial charge in [-0.1, -0.05) is 23.2 Å². The van der Waals surface area contributed by atoms with Crippen LogP contribution in [-0.2, 0) is 6.54 Å². The van der Waals surface area contributed by atoms with Crippen molar-refractivity contribution >= 4 is 23.2 Å². The lowest BCUT2D eigenvalue weighted by molar-refractivity contribution is 0.390. The minimum Gasteiger partial charge on any atom is -0.302 e. The standard InChI is InChI=1S/C8H11Cl2N3/c1-5-7(9)11-6(4-13(2)3)12-8(5)10/h4H2,1-3H3. The maximum Gasteiger partial charge on any atom is 0.145 e. The van der Waals surface area contributed by atoms with Gasteiger partial charge in [-0.15, -0.1) is 0 Å². The van der Waals surface area contributed by atoms with E-state index < -0.39 is 0 Å². The maximum atomic E-state index is 5.85. The Labute approximate surface area is 87.7 Å². The monoisotopic (exact) mass is 219 g/mol. The molecule has 0 fully saturated rings. The van der Waals surface area contributed by atoms with Gasteiger partial charge in [-0.3, -0.25) is 0 Å². The number of halogens is 2. The van der Waals surface area contributed by atoms with Crippen LogP contribution in [0.2, 0.25) is 10.3 Å². The Bertz CT molecular complexity index is 289. The quantitative estimate of drug-likeness (QED) is 0.715.